The highest BCUT2D eigenvalue weighted by Gasteiger charge is 2.13. The monoisotopic (exact) mass is 357 g/mol. The van der Waals surface area contributed by atoms with Crippen LogP contribution in [0.15, 0.2) is 22.7 Å². The molecule has 0 amide bonds. The van der Waals surface area contributed by atoms with Gasteiger partial charge in [0, 0.05) is 16.6 Å². The van der Waals surface area contributed by atoms with Crippen molar-refractivity contribution in [1.29, 1.82) is 0 Å². The van der Waals surface area contributed by atoms with Gasteiger partial charge in [0.1, 0.15) is 5.82 Å². The summed E-state index contributed by atoms with van der Waals surface area (Å²) >= 11 is 6.91. The molecule has 90 valence electrons. The van der Waals surface area contributed by atoms with Crippen molar-refractivity contribution in [1.82, 2.24) is 14.8 Å². The van der Waals surface area contributed by atoms with Gasteiger partial charge in [-0.3, -0.25) is 0 Å². The first-order chi connectivity index (χ1) is 8.17. The van der Waals surface area contributed by atoms with E-state index in [2.05, 4.69) is 72.6 Å². The molecule has 17 heavy (non-hydrogen) atoms. The number of hydrogen-bond acceptors (Lipinski definition) is 2. The molecule has 5 heteroatoms. The highest BCUT2D eigenvalue weighted by atomic mass is 79.9. The number of alkyl halides is 1. The number of rotatable bonds is 3. The van der Waals surface area contributed by atoms with E-state index >= 15 is 0 Å². The molecule has 0 fully saturated rings. The molecule has 0 radical (unpaired) electrons. The predicted octanol–water partition coefficient (Wildman–Crippen LogP) is 3.93. The fourth-order valence-electron chi connectivity index (χ4n) is 1.84. The fourth-order valence-corrected chi connectivity index (χ4v) is 2.73. The van der Waals surface area contributed by atoms with E-state index in [0.717, 1.165) is 33.6 Å². The van der Waals surface area contributed by atoms with Crippen LogP contribution in [0.2, 0.25) is 0 Å². The highest BCUT2D eigenvalue weighted by Crippen LogP contribution is 2.25. The second-order valence-corrected chi connectivity index (χ2v) is 5.25. The third-order valence-corrected chi connectivity index (χ3v) is 3.69. The molecular formula is C12H13Br2N3. The molecule has 0 aliphatic heterocycles. The summed E-state index contributed by atoms with van der Waals surface area (Å²) in [5, 5.41) is 9.21. The molecular weight excluding hydrogens is 346 g/mol. The minimum atomic E-state index is 0.726. The van der Waals surface area contributed by atoms with Crippen molar-refractivity contribution < 1.29 is 0 Å². The Kier molecular flexibility index (Phi) is 3.99. The summed E-state index contributed by atoms with van der Waals surface area (Å²) in [6.07, 6.45) is 0. The largest absolute Gasteiger partial charge is 0.311 e. The van der Waals surface area contributed by atoms with E-state index in [-0.39, 0.29) is 0 Å². The number of aromatic nitrogens is 3. The quantitative estimate of drug-likeness (QED) is 0.778. The van der Waals surface area contributed by atoms with Crippen LogP contribution in [0.4, 0.5) is 0 Å². The minimum absolute atomic E-state index is 0.726. The summed E-state index contributed by atoms with van der Waals surface area (Å²) in [4.78, 5) is 0. The van der Waals surface area contributed by atoms with Crippen LogP contribution in [-0.2, 0) is 11.9 Å². The summed E-state index contributed by atoms with van der Waals surface area (Å²) in [6, 6.07) is 6.20. The Morgan fingerprint density at radius 3 is 2.65 bits per heavy atom. The molecule has 1 aromatic carbocycles. The standard InChI is InChI=1S/C12H13Br2N3/c1-3-17-11(7-13)15-16-12(17)10-5-4-9(14)6-8(10)2/h4-6H,3,7H2,1-2H3. The molecule has 0 N–H and O–H groups in total. The number of hydrogen-bond donors (Lipinski definition) is 0. The van der Waals surface area contributed by atoms with E-state index in [1.54, 1.807) is 0 Å². The summed E-state index contributed by atoms with van der Waals surface area (Å²) in [6.45, 7) is 5.06. The lowest BCUT2D eigenvalue weighted by molar-refractivity contribution is 0.733. The Labute approximate surface area is 118 Å². The van der Waals surface area contributed by atoms with Crippen molar-refractivity contribution in [3.05, 3.63) is 34.1 Å². The summed E-state index contributed by atoms with van der Waals surface area (Å²) in [5.74, 6) is 1.90. The zero-order valence-electron chi connectivity index (χ0n) is 9.74. The lowest BCUT2D eigenvalue weighted by Crippen LogP contribution is -2.02. The summed E-state index contributed by atoms with van der Waals surface area (Å²) in [5.41, 5.74) is 2.33. The molecule has 2 aromatic rings. The second-order valence-electron chi connectivity index (χ2n) is 3.78. The zero-order chi connectivity index (χ0) is 12.4. The van der Waals surface area contributed by atoms with E-state index in [1.807, 2.05) is 6.07 Å². The highest BCUT2D eigenvalue weighted by molar-refractivity contribution is 9.10. The van der Waals surface area contributed by atoms with Gasteiger partial charge in [-0.1, -0.05) is 31.9 Å². The summed E-state index contributed by atoms with van der Waals surface area (Å²) in [7, 11) is 0. The van der Waals surface area contributed by atoms with E-state index in [4.69, 9.17) is 0 Å². The van der Waals surface area contributed by atoms with Crippen LogP contribution in [0.25, 0.3) is 11.4 Å². The number of nitrogens with zero attached hydrogens (tertiary/aromatic N) is 3. The Balaban J connectivity index is 2.56. The van der Waals surface area contributed by atoms with Gasteiger partial charge in [0.2, 0.25) is 0 Å². The first-order valence-electron chi connectivity index (χ1n) is 5.42. The molecule has 0 aliphatic carbocycles. The third-order valence-electron chi connectivity index (χ3n) is 2.69. The first-order valence-corrected chi connectivity index (χ1v) is 7.33. The van der Waals surface area contributed by atoms with Crippen molar-refractivity contribution in [3.63, 3.8) is 0 Å². The van der Waals surface area contributed by atoms with E-state index in [9.17, 15) is 0 Å². The fraction of sp³-hybridized carbons (Fsp3) is 0.333. The molecule has 0 aliphatic rings. The summed E-state index contributed by atoms with van der Waals surface area (Å²) < 4.78 is 3.22. The number of benzene rings is 1. The van der Waals surface area contributed by atoms with Gasteiger partial charge in [0.05, 0.1) is 5.33 Å². The third kappa shape index (κ3) is 2.45. The Bertz CT molecular complexity index is 535. The number of halogens is 2. The van der Waals surface area contributed by atoms with Crippen LogP contribution in [0.5, 0.6) is 0 Å². The molecule has 3 nitrogen and oxygen atoms in total. The molecule has 1 aromatic heterocycles. The maximum Gasteiger partial charge on any atom is 0.164 e. The normalized spacial score (nSPS) is 10.8. The average Bonchev–Trinajstić information content (AvgIpc) is 2.71. The van der Waals surface area contributed by atoms with Gasteiger partial charge < -0.3 is 4.57 Å². The lowest BCUT2D eigenvalue weighted by Gasteiger charge is -2.08. The minimum Gasteiger partial charge on any atom is -0.311 e. The van der Waals surface area contributed by atoms with Crippen LogP contribution in [0.1, 0.15) is 18.3 Å². The Morgan fingerprint density at radius 2 is 2.06 bits per heavy atom. The second kappa shape index (κ2) is 5.31. The van der Waals surface area contributed by atoms with Crippen LogP contribution in [0.3, 0.4) is 0 Å². The van der Waals surface area contributed by atoms with Crippen molar-refractivity contribution in [2.75, 3.05) is 0 Å². The first kappa shape index (κ1) is 12.8. The molecule has 1 heterocycles. The van der Waals surface area contributed by atoms with E-state index in [1.165, 1.54) is 5.56 Å². The van der Waals surface area contributed by atoms with Gasteiger partial charge in [-0.05, 0) is 37.6 Å². The van der Waals surface area contributed by atoms with Crippen molar-refractivity contribution in [3.8, 4) is 11.4 Å². The topological polar surface area (TPSA) is 30.7 Å². The van der Waals surface area contributed by atoms with Gasteiger partial charge in [-0.15, -0.1) is 10.2 Å². The zero-order valence-corrected chi connectivity index (χ0v) is 12.9. The van der Waals surface area contributed by atoms with Gasteiger partial charge >= 0.3 is 0 Å². The van der Waals surface area contributed by atoms with E-state index < -0.39 is 0 Å². The molecule has 0 bridgehead atoms. The van der Waals surface area contributed by atoms with Gasteiger partial charge in [0.15, 0.2) is 5.82 Å². The smallest absolute Gasteiger partial charge is 0.164 e. The molecule has 0 unspecified atom stereocenters. The molecule has 0 atom stereocenters. The number of aryl methyl sites for hydroxylation is 1. The van der Waals surface area contributed by atoms with Crippen LogP contribution >= 0.6 is 31.9 Å². The van der Waals surface area contributed by atoms with Gasteiger partial charge in [-0.2, -0.15) is 0 Å². The van der Waals surface area contributed by atoms with E-state index in [0.29, 0.717) is 0 Å². The predicted molar refractivity (Wildman–Crippen MR) is 76.2 cm³/mol. The van der Waals surface area contributed by atoms with Gasteiger partial charge in [-0.25, -0.2) is 0 Å². The molecule has 0 saturated heterocycles. The van der Waals surface area contributed by atoms with Crippen LogP contribution < -0.4 is 0 Å². The SMILES string of the molecule is CCn1c(CBr)nnc1-c1ccc(Br)cc1C. The average molecular weight is 359 g/mol. The molecule has 0 spiro atoms. The maximum absolute atomic E-state index is 4.29. The lowest BCUT2D eigenvalue weighted by atomic mass is 10.1. The molecule has 0 saturated carbocycles. The van der Waals surface area contributed by atoms with Crippen molar-refractivity contribution in [2.45, 2.75) is 25.7 Å². The molecule has 2 rings (SSSR count). The van der Waals surface area contributed by atoms with Crippen LogP contribution in [0, 0.1) is 6.92 Å². The maximum atomic E-state index is 4.29. The van der Waals surface area contributed by atoms with Crippen molar-refractivity contribution >= 4 is 31.9 Å². The van der Waals surface area contributed by atoms with Crippen LogP contribution in [-0.4, -0.2) is 14.8 Å². The van der Waals surface area contributed by atoms with Gasteiger partial charge in [0.25, 0.3) is 0 Å². The Morgan fingerprint density at radius 1 is 1.29 bits per heavy atom. The van der Waals surface area contributed by atoms with Crippen molar-refractivity contribution in [2.24, 2.45) is 0 Å². The Hall–Kier alpha value is -0.680.